The third-order valence-corrected chi connectivity index (χ3v) is 5.69. The fraction of sp³-hybridized carbons (Fsp3) is 0.941. The standard InChI is InChI=1S/C17H33N5O.HI/c1-4-18-16(19-11-15-12-20(2)8-9-21(15)3)22-7-5-17(13-22)6-10-23-14-17;/h15H,4-14H2,1-3H3,(H,18,19);1H. The number of likely N-dealkylation sites (N-methyl/N-ethyl adjacent to an activating group) is 2. The predicted molar refractivity (Wildman–Crippen MR) is 109 cm³/mol. The molecule has 7 heteroatoms. The normalized spacial score (nSPS) is 32.4. The van der Waals surface area contributed by atoms with Gasteiger partial charge in [-0.25, -0.2) is 0 Å². The number of ether oxygens (including phenoxy) is 1. The topological polar surface area (TPSA) is 43.3 Å². The lowest BCUT2D eigenvalue weighted by Crippen LogP contribution is -2.51. The number of hydrogen-bond donors (Lipinski definition) is 1. The number of rotatable bonds is 3. The highest BCUT2D eigenvalue weighted by atomic mass is 127. The molecule has 3 aliphatic heterocycles. The molecule has 0 bridgehead atoms. The van der Waals surface area contributed by atoms with E-state index in [2.05, 4.69) is 41.0 Å². The molecule has 3 heterocycles. The van der Waals surface area contributed by atoms with Crippen LogP contribution in [-0.2, 0) is 4.74 Å². The van der Waals surface area contributed by atoms with E-state index in [0.29, 0.717) is 11.5 Å². The monoisotopic (exact) mass is 451 g/mol. The zero-order valence-electron chi connectivity index (χ0n) is 15.5. The Morgan fingerprint density at radius 2 is 2.08 bits per heavy atom. The molecule has 0 aromatic heterocycles. The van der Waals surface area contributed by atoms with E-state index in [4.69, 9.17) is 9.73 Å². The summed E-state index contributed by atoms with van der Waals surface area (Å²) in [6.45, 7) is 11.4. The van der Waals surface area contributed by atoms with Gasteiger partial charge in [-0.2, -0.15) is 0 Å². The fourth-order valence-electron chi connectivity index (χ4n) is 4.00. The summed E-state index contributed by atoms with van der Waals surface area (Å²) in [5, 5.41) is 3.50. The van der Waals surface area contributed by atoms with Crippen molar-refractivity contribution < 1.29 is 4.74 Å². The molecule has 1 spiro atoms. The summed E-state index contributed by atoms with van der Waals surface area (Å²) in [6, 6.07) is 0.522. The van der Waals surface area contributed by atoms with Crippen molar-refractivity contribution in [1.82, 2.24) is 20.0 Å². The Bertz CT molecular complexity index is 427. The highest BCUT2D eigenvalue weighted by molar-refractivity contribution is 14.0. The van der Waals surface area contributed by atoms with E-state index in [9.17, 15) is 0 Å². The maximum atomic E-state index is 5.65. The first-order valence-electron chi connectivity index (χ1n) is 9.12. The number of piperazine rings is 1. The van der Waals surface area contributed by atoms with Crippen LogP contribution in [0.25, 0.3) is 0 Å². The van der Waals surface area contributed by atoms with Crippen molar-refractivity contribution in [2.75, 3.05) is 73.1 Å². The first kappa shape index (κ1) is 20.2. The molecular weight excluding hydrogens is 417 g/mol. The number of halogens is 1. The molecule has 3 saturated heterocycles. The highest BCUT2D eigenvalue weighted by Gasteiger charge is 2.42. The van der Waals surface area contributed by atoms with Gasteiger partial charge in [0.2, 0.25) is 0 Å². The van der Waals surface area contributed by atoms with E-state index in [1.807, 2.05) is 0 Å². The van der Waals surface area contributed by atoms with Gasteiger partial charge in [-0.1, -0.05) is 0 Å². The molecule has 3 fully saturated rings. The number of hydrogen-bond acceptors (Lipinski definition) is 4. The van der Waals surface area contributed by atoms with Gasteiger partial charge in [0, 0.05) is 57.3 Å². The van der Waals surface area contributed by atoms with Crippen LogP contribution in [0.3, 0.4) is 0 Å². The SMILES string of the molecule is CCNC(=NCC1CN(C)CCN1C)N1CCC2(CCOC2)C1.I. The Hall–Kier alpha value is -0.120. The van der Waals surface area contributed by atoms with Crippen LogP contribution >= 0.6 is 24.0 Å². The molecule has 0 saturated carbocycles. The van der Waals surface area contributed by atoms with Crippen LogP contribution < -0.4 is 5.32 Å². The second-order valence-electron chi connectivity index (χ2n) is 7.57. The highest BCUT2D eigenvalue weighted by Crippen LogP contribution is 2.38. The van der Waals surface area contributed by atoms with Gasteiger partial charge in [0.25, 0.3) is 0 Å². The fourth-order valence-corrected chi connectivity index (χ4v) is 4.00. The van der Waals surface area contributed by atoms with Crippen molar-refractivity contribution in [2.24, 2.45) is 10.4 Å². The summed E-state index contributed by atoms with van der Waals surface area (Å²) >= 11 is 0. The zero-order valence-corrected chi connectivity index (χ0v) is 17.8. The first-order valence-corrected chi connectivity index (χ1v) is 9.12. The lowest BCUT2D eigenvalue weighted by Gasteiger charge is -2.37. The molecule has 3 rings (SSSR count). The molecule has 2 unspecified atom stereocenters. The second-order valence-corrected chi connectivity index (χ2v) is 7.57. The van der Waals surface area contributed by atoms with Crippen LogP contribution in [0.15, 0.2) is 4.99 Å². The Morgan fingerprint density at radius 3 is 2.79 bits per heavy atom. The molecule has 2 atom stereocenters. The maximum Gasteiger partial charge on any atom is 0.193 e. The summed E-state index contributed by atoms with van der Waals surface area (Å²) in [6.07, 6.45) is 2.45. The Kier molecular flexibility index (Phi) is 7.58. The summed E-state index contributed by atoms with van der Waals surface area (Å²) in [4.78, 5) is 12.3. The van der Waals surface area contributed by atoms with Crippen LogP contribution in [0.1, 0.15) is 19.8 Å². The number of nitrogens with zero attached hydrogens (tertiary/aromatic N) is 4. The van der Waals surface area contributed by atoms with Crippen molar-refractivity contribution in [1.29, 1.82) is 0 Å². The molecular formula is C17H34IN5O. The van der Waals surface area contributed by atoms with E-state index in [1.54, 1.807) is 0 Å². The van der Waals surface area contributed by atoms with Gasteiger partial charge < -0.3 is 19.9 Å². The molecule has 0 amide bonds. The Labute approximate surface area is 164 Å². The van der Waals surface area contributed by atoms with Crippen molar-refractivity contribution in [3.63, 3.8) is 0 Å². The third kappa shape index (κ3) is 4.74. The van der Waals surface area contributed by atoms with Gasteiger partial charge in [0.15, 0.2) is 5.96 Å². The lowest BCUT2D eigenvalue weighted by molar-refractivity contribution is 0.119. The smallest absolute Gasteiger partial charge is 0.193 e. The number of likely N-dealkylation sites (tertiary alicyclic amines) is 1. The van der Waals surface area contributed by atoms with Gasteiger partial charge in [0.1, 0.15) is 0 Å². The largest absolute Gasteiger partial charge is 0.381 e. The van der Waals surface area contributed by atoms with Crippen LogP contribution in [0.4, 0.5) is 0 Å². The molecule has 6 nitrogen and oxygen atoms in total. The quantitative estimate of drug-likeness (QED) is 0.393. The summed E-state index contributed by atoms with van der Waals surface area (Å²) in [7, 11) is 4.43. The van der Waals surface area contributed by atoms with E-state index < -0.39 is 0 Å². The van der Waals surface area contributed by atoms with Crippen molar-refractivity contribution in [2.45, 2.75) is 25.8 Å². The minimum atomic E-state index is 0. The van der Waals surface area contributed by atoms with Gasteiger partial charge in [-0.15, -0.1) is 24.0 Å². The average molecular weight is 451 g/mol. The lowest BCUT2D eigenvalue weighted by atomic mass is 9.87. The van der Waals surface area contributed by atoms with Gasteiger partial charge in [-0.3, -0.25) is 9.89 Å². The van der Waals surface area contributed by atoms with Crippen LogP contribution in [0, 0.1) is 5.41 Å². The second kappa shape index (κ2) is 9.00. The van der Waals surface area contributed by atoms with Crippen LogP contribution in [-0.4, -0.2) is 99.8 Å². The maximum absolute atomic E-state index is 5.65. The molecule has 140 valence electrons. The number of guanidine groups is 1. The Balaban J connectivity index is 0.00000208. The van der Waals surface area contributed by atoms with Gasteiger partial charge >= 0.3 is 0 Å². The predicted octanol–water partition coefficient (Wildman–Crippen LogP) is 0.928. The summed E-state index contributed by atoms with van der Waals surface area (Å²) in [5.41, 5.74) is 0.387. The van der Waals surface area contributed by atoms with Gasteiger partial charge in [-0.05, 0) is 33.9 Å². The molecule has 3 aliphatic rings. The minimum absolute atomic E-state index is 0. The molecule has 1 N–H and O–H groups in total. The van der Waals surface area contributed by atoms with Crippen molar-refractivity contribution >= 4 is 29.9 Å². The zero-order chi connectivity index (χ0) is 16.3. The van der Waals surface area contributed by atoms with E-state index in [0.717, 1.165) is 65.0 Å². The average Bonchev–Trinajstić information content (AvgIpc) is 3.17. The van der Waals surface area contributed by atoms with E-state index >= 15 is 0 Å². The number of aliphatic imine (C=N–C) groups is 1. The Morgan fingerprint density at radius 1 is 1.25 bits per heavy atom. The summed E-state index contributed by atoms with van der Waals surface area (Å²) < 4.78 is 5.65. The van der Waals surface area contributed by atoms with Crippen LogP contribution in [0.2, 0.25) is 0 Å². The number of nitrogens with one attached hydrogen (secondary N) is 1. The van der Waals surface area contributed by atoms with E-state index in [-0.39, 0.29) is 24.0 Å². The summed E-state index contributed by atoms with van der Waals surface area (Å²) in [5.74, 6) is 1.10. The molecule has 0 aliphatic carbocycles. The van der Waals surface area contributed by atoms with Crippen molar-refractivity contribution in [3.8, 4) is 0 Å². The van der Waals surface area contributed by atoms with Gasteiger partial charge in [0.05, 0.1) is 13.2 Å². The third-order valence-electron chi connectivity index (χ3n) is 5.69. The first-order chi connectivity index (χ1) is 11.1. The minimum Gasteiger partial charge on any atom is -0.381 e. The van der Waals surface area contributed by atoms with Crippen molar-refractivity contribution in [3.05, 3.63) is 0 Å². The molecule has 0 aromatic rings. The van der Waals surface area contributed by atoms with E-state index in [1.165, 1.54) is 12.8 Å². The molecule has 0 aromatic carbocycles. The molecule has 24 heavy (non-hydrogen) atoms. The van der Waals surface area contributed by atoms with Crippen LogP contribution in [0.5, 0.6) is 0 Å². The molecule has 0 radical (unpaired) electrons.